The second-order valence-corrected chi connectivity index (χ2v) is 6.40. The molecule has 0 aliphatic carbocycles. The number of hydrogen-bond acceptors (Lipinski definition) is 3. The van der Waals surface area contributed by atoms with Gasteiger partial charge in [-0.05, 0) is 50.1 Å². The van der Waals surface area contributed by atoms with Gasteiger partial charge in [0, 0.05) is 24.7 Å². The van der Waals surface area contributed by atoms with Gasteiger partial charge in [-0.25, -0.2) is 0 Å². The molecule has 2 fully saturated rings. The highest BCUT2D eigenvalue weighted by Crippen LogP contribution is 2.37. The maximum Gasteiger partial charge on any atom is 0.227 e. The third kappa shape index (κ3) is 3.33. The van der Waals surface area contributed by atoms with Gasteiger partial charge < -0.3 is 10.1 Å². The minimum Gasteiger partial charge on any atom is -0.492 e. The Morgan fingerprint density at radius 3 is 2.86 bits per heavy atom. The molecule has 2 aliphatic rings. The lowest BCUT2D eigenvalue weighted by Crippen LogP contribution is -2.47. The molecule has 1 spiro atoms. The Bertz CT molecular complexity index is 506. The van der Waals surface area contributed by atoms with Crippen molar-refractivity contribution in [3.8, 4) is 5.75 Å². The quantitative estimate of drug-likeness (QED) is 0.928. The van der Waals surface area contributed by atoms with E-state index in [9.17, 15) is 4.79 Å². The molecule has 5 heteroatoms. The van der Waals surface area contributed by atoms with Crippen LogP contribution >= 0.6 is 11.6 Å². The fourth-order valence-electron chi connectivity index (χ4n) is 3.29. The van der Waals surface area contributed by atoms with Gasteiger partial charge in [0.25, 0.3) is 0 Å². The van der Waals surface area contributed by atoms with Crippen molar-refractivity contribution in [2.24, 2.45) is 5.41 Å². The maximum absolute atomic E-state index is 12.1. The molecule has 0 bridgehead atoms. The number of rotatable bonds is 4. The van der Waals surface area contributed by atoms with Crippen molar-refractivity contribution in [2.45, 2.75) is 19.3 Å². The van der Waals surface area contributed by atoms with Gasteiger partial charge >= 0.3 is 0 Å². The lowest BCUT2D eigenvalue weighted by atomic mass is 9.79. The third-order valence-electron chi connectivity index (χ3n) is 4.52. The molecule has 0 aromatic heterocycles. The highest BCUT2D eigenvalue weighted by atomic mass is 35.5. The Morgan fingerprint density at radius 1 is 1.29 bits per heavy atom. The van der Waals surface area contributed by atoms with Crippen LogP contribution in [0, 0.1) is 5.41 Å². The first-order valence-corrected chi connectivity index (χ1v) is 7.95. The zero-order valence-corrected chi connectivity index (χ0v) is 12.9. The zero-order chi connectivity index (χ0) is 14.7. The van der Waals surface area contributed by atoms with Crippen molar-refractivity contribution in [3.05, 3.63) is 29.3 Å². The molecule has 3 rings (SSSR count). The van der Waals surface area contributed by atoms with Crippen molar-refractivity contribution in [1.29, 1.82) is 0 Å². The monoisotopic (exact) mass is 308 g/mol. The van der Waals surface area contributed by atoms with E-state index in [4.69, 9.17) is 16.3 Å². The summed E-state index contributed by atoms with van der Waals surface area (Å²) >= 11 is 5.84. The maximum atomic E-state index is 12.1. The predicted molar refractivity (Wildman–Crippen MR) is 82.7 cm³/mol. The van der Waals surface area contributed by atoms with E-state index in [2.05, 4.69) is 10.2 Å². The van der Waals surface area contributed by atoms with Crippen LogP contribution in [0.4, 0.5) is 0 Å². The molecule has 1 N–H and O–H groups in total. The summed E-state index contributed by atoms with van der Waals surface area (Å²) in [6.45, 7) is 4.18. The summed E-state index contributed by atoms with van der Waals surface area (Å²) in [5.41, 5.74) is -0.140. The summed E-state index contributed by atoms with van der Waals surface area (Å²) in [6.07, 6.45) is 3.09. The van der Waals surface area contributed by atoms with E-state index in [0.29, 0.717) is 11.6 Å². The number of carbonyl (C=O) groups excluding carboxylic acids is 1. The SMILES string of the molecule is O=C1NCCCC12CCN(CCOc1ccc(Cl)cc1)C2. The van der Waals surface area contributed by atoms with E-state index in [1.54, 1.807) is 0 Å². The van der Waals surface area contributed by atoms with E-state index >= 15 is 0 Å². The summed E-state index contributed by atoms with van der Waals surface area (Å²) in [7, 11) is 0. The Labute approximate surface area is 130 Å². The molecule has 1 unspecified atom stereocenters. The Balaban J connectivity index is 1.47. The average Bonchev–Trinajstić information content (AvgIpc) is 2.89. The molecule has 2 saturated heterocycles. The number of ether oxygens (including phenoxy) is 1. The smallest absolute Gasteiger partial charge is 0.227 e. The lowest BCUT2D eigenvalue weighted by molar-refractivity contribution is -0.132. The lowest BCUT2D eigenvalue weighted by Gasteiger charge is -2.32. The van der Waals surface area contributed by atoms with E-state index in [0.717, 1.165) is 51.2 Å². The van der Waals surface area contributed by atoms with Gasteiger partial charge in [0.15, 0.2) is 0 Å². The van der Waals surface area contributed by atoms with Crippen LogP contribution in [0.5, 0.6) is 5.75 Å². The van der Waals surface area contributed by atoms with Crippen LogP contribution in [0.15, 0.2) is 24.3 Å². The molecule has 1 aromatic rings. The number of hydrogen-bond donors (Lipinski definition) is 1. The molecule has 2 heterocycles. The molecule has 0 saturated carbocycles. The highest BCUT2D eigenvalue weighted by Gasteiger charge is 2.45. The third-order valence-corrected chi connectivity index (χ3v) is 4.77. The standard InChI is InChI=1S/C16H21ClN2O2/c17-13-2-4-14(5-3-13)21-11-10-19-9-7-16(12-19)6-1-8-18-15(16)20/h2-5H,1,6-12H2,(H,18,20). The number of amides is 1. The molecule has 114 valence electrons. The number of nitrogens with zero attached hydrogens (tertiary/aromatic N) is 1. The molecule has 1 amide bonds. The van der Waals surface area contributed by atoms with E-state index in [1.165, 1.54) is 0 Å². The highest BCUT2D eigenvalue weighted by molar-refractivity contribution is 6.30. The fraction of sp³-hybridized carbons (Fsp3) is 0.562. The molecule has 4 nitrogen and oxygen atoms in total. The van der Waals surface area contributed by atoms with Crippen molar-refractivity contribution < 1.29 is 9.53 Å². The molecule has 0 radical (unpaired) electrons. The molecule has 1 aromatic carbocycles. The minimum absolute atomic E-state index is 0.140. The number of piperidine rings is 1. The van der Waals surface area contributed by atoms with Crippen LogP contribution in [0.3, 0.4) is 0 Å². The minimum atomic E-state index is -0.140. The first kappa shape index (κ1) is 14.7. The Morgan fingerprint density at radius 2 is 2.10 bits per heavy atom. The van der Waals surface area contributed by atoms with Crippen LogP contribution in [0.1, 0.15) is 19.3 Å². The Kier molecular flexibility index (Phi) is 4.36. The number of likely N-dealkylation sites (tertiary alicyclic amines) is 1. The van der Waals surface area contributed by atoms with Crippen LogP contribution < -0.4 is 10.1 Å². The topological polar surface area (TPSA) is 41.6 Å². The number of carbonyl (C=O) groups is 1. The van der Waals surface area contributed by atoms with Crippen molar-refractivity contribution in [2.75, 3.05) is 32.8 Å². The summed E-state index contributed by atoms with van der Waals surface area (Å²) < 4.78 is 5.72. The second kappa shape index (κ2) is 6.24. The van der Waals surface area contributed by atoms with E-state index in [1.807, 2.05) is 24.3 Å². The molecule has 21 heavy (non-hydrogen) atoms. The van der Waals surface area contributed by atoms with Crippen LogP contribution in [0.25, 0.3) is 0 Å². The van der Waals surface area contributed by atoms with Crippen molar-refractivity contribution in [3.63, 3.8) is 0 Å². The number of halogens is 1. The summed E-state index contributed by atoms with van der Waals surface area (Å²) in [6, 6.07) is 7.41. The summed E-state index contributed by atoms with van der Waals surface area (Å²) in [5.74, 6) is 1.08. The fourth-order valence-corrected chi connectivity index (χ4v) is 3.42. The number of nitrogens with one attached hydrogen (secondary N) is 1. The number of benzene rings is 1. The zero-order valence-electron chi connectivity index (χ0n) is 12.1. The average molecular weight is 309 g/mol. The van der Waals surface area contributed by atoms with Crippen LogP contribution in [-0.2, 0) is 4.79 Å². The molecular weight excluding hydrogens is 288 g/mol. The van der Waals surface area contributed by atoms with Gasteiger partial charge in [-0.1, -0.05) is 11.6 Å². The second-order valence-electron chi connectivity index (χ2n) is 5.97. The molecule has 2 aliphatic heterocycles. The summed E-state index contributed by atoms with van der Waals surface area (Å²) in [5, 5.41) is 3.73. The van der Waals surface area contributed by atoms with Gasteiger partial charge in [0.2, 0.25) is 5.91 Å². The van der Waals surface area contributed by atoms with Gasteiger partial charge in [-0.15, -0.1) is 0 Å². The van der Waals surface area contributed by atoms with Gasteiger partial charge in [-0.2, -0.15) is 0 Å². The van der Waals surface area contributed by atoms with Crippen molar-refractivity contribution >= 4 is 17.5 Å². The summed E-state index contributed by atoms with van der Waals surface area (Å²) in [4.78, 5) is 14.4. The molecule has 1 atom stereocenters. The van der Waals surface area contributed by atoms with Gasteiger partial charge in [-0.3, -0.25) is 9.69 Å². The largest absolute Gasteiger partial charge is 0.492 e. The Hall–Kier alpha value is -1.26. The van der Waals surface area contributed by atoms with Crippen LogP contribution in [0.2, 0.25) is 5.02 Å². The normalized spacial score (nSPS) is 26.0. The van der Waals surface area contributed by atoms with Crippen LogP contribution in [-0.4, -0.2) is 43.6 Å². The van der Waals surface area contributed by atoms with E-state index in [-0.39, 0.29) is 11.3 Å². The van der Waals surface area contributed by atoms with Gasteiger partial charge in [0.05, 0.1) is 5.41 Å². The predicted octanol–water partition coefficient (Wildman–Crippen LogP) is 2.32. The first-order valence-electron chi connectivity index (χ1n) is 7.57. The first-order chi connectivity index (χ1) is 10.2. The molecular formula is C16H21ClN2O2. The van der Waals surface area contributed by atoms with E-state index < -0.39 is 0 Å². The van der Waals surface area contributed by atoms with Gasteiger partial charge in [0.1, 0.15) is 12.4 Å². The van der Waals surface area contributed by atoms with Crippen molar-refractivity contribution in [1.82, 2.24) is 10.2 Å².